The van der Waals surface area contributed by atoms with Crippen molar-refractivity contribution >= 4 is 5.97 Å². The number of carbonyl (C=O) groups excluding carboxylic acids is 1. The van der Waals surface area contributed by atoms with E-state index in [1.54, 1.807) is 18.2 Å². The Bertz CT molecular complexity index is 377. The molecule has 1 aromatic rings. The third-order valence-electron chi connectivity index (χ3n) is 2.31. The fraction of sp³-hybridized carbons (Fsp3) is 0.500. The van der Waals surface area contributed by atoms with E-state index in [9.17, 15) is 4.79 Å². The summed E-state index contributed by atoms with van der Waals surface area (Å²) in [5.41, 5.74) is 6.96. The number of nitrogens with two attached hydrogens (primary N) is 1. The van der Waals surface area contributed by atoms with Crippen molar-refractivity contribution in [1.82, 2.24) is 0 Å². The van der Waals surface area contributed by atoms with Crippen LogP contribution in [-0.4, -0.2) is 25.8 Å². The fourth-order valence-electron chi connectivity index (χ4n) is 1.42. The van der Waals surface area contributed by atoms with Crippen molar-refractivity contribution in [2.45, 2.75) is 20.4 Å². The molecule has 0 saturated heterocycles. The van der Waals surface area contributed by atoms with E-state index in [1.165, 1.54) is 0 Å². The van der Waals surface area contributed by atoms with Gasteiger partial charge in [-0.15, -0.1) is 0 Å². The van der Waals surface area contributed by atoms with Crippen LogP contribution in [0.25, 0.3) is 0 Å². The van der Waals surface area contributed by atoms with Gasteiger partial charge in [0.1, 0.15) is 6.61 Å². The molecule has 0 heterocycles. The second-order valence-electron chi connectivity index (χ2n) is 4.51. The Labute approximate surface area is 108 Å². The molecule has 0 aliphatic carbocycles. The van der Waals surface area contributed by atoms with E-state index >= 15 is 0 Å². The largest absolute Gasteiger partial charge is 0.460 e. The van der Waals surface area contributed by atoms with Crippen LogP contribution >= 0.6 is 0 Å². The van der Waals surface area contributed by atoms with Gasteiger partial charge in [0.05, 0.1) is 12.2 Å². The molecular formula is C14H21NO3. The lowest BCUT2D eigenvalue weighted by Crippen LogP contribution is -2.13. The Kier molecular flexibility index (Phi) is 6.39. The lowest BCUT2D eigenvalue weighted by atomic mass is 10.1. The van der Waals surface area contributed by atoms with Gasteiger partial charge in [0.25, 0.3) is 0 Å². The van der Waals surface area contributed by atoms with Gasteiger partial charge in [-0.2, -0.15) is 0 Å². The predicted octanol–water partition coefficient (Wildman–Crippen LogP) is 1.97. The highest BCUT2D eigenvalue weighted by molar-refractivity contribution is 5.89. The minimum atomic E-state index is -0.335. The third kappa shape index (κ3) is 5.29. The van der Waals surface area contributed by atoms with Crippen molar-refractivity contribution in [1.29, 1.82) is 0 Å². The zero-order valence-corrected chi connectivity index (χ0v) is 11.0. The number of rotatable bonds is 7. The number of ether oxygens (including phenoxy) is 2. The SMILES string of the molecule is CC(C)COCCOC(=O)c1cccc(CN)c1. The summed E-state index contributed by atoms with van der Waals surface area (Å²) in [7, 11) is 0. The van der Waals surface area contributed by atoms with Crippen LogP contribution in [-0.2, 0) is 16.0 Å². The molecule has 0 aromatic heterocycles. The molecule has 0 fully saturated rings. The highest BCUT2D eigenvalue weighted by Gasteiger charge is 2.07. The maximum Gasteiger partial charge on any atom is 0.338 e. The first-order chi connectivity index (χ1) is 8.63. The Morgan fingerprint density at radius 2 is 2.11 bits per heavy atom. The third-order valence-corrected chi connectivity index (χ3v) is 2.31. The zero-order valence-electron chi connectivity index (χ0n) is 11.0. The maximum absolute atomic E-state index is 11.7. The van der Waals surface area contributed by atoms with Gasteiger partial charge < -0.3 is 15.2 Å². The lowest BCUT2D eigenvalue weighted by Gasteiger charge is -2.08. The molecule has 0 aliphatic rings. The first-order valence-corrected chi connectivity index (χ1v) is 6.17. The molecule has 1 aromatic carbocycles. The molecule has 0 aliphatic heterocycles. The Morgan fingerprint density at radius 1 is 1.33 bits per heavy atom. The second-order valence-corrected chi connectivity index (χ2v) is 4.51. The van der Waals surface area contributed by atoms with Crippen molar-refractivity contribution in [2.75, 3.05) is 19.8 Å². The van der Waals surface area contributed by atoms with Gasteiger partial charge in [0.15, 0.2) is 0 Å². The zero-order chi connectivity index (χ0) is 13.4. The maximum atomic E-state index is 11.7. The van der Waals surface area contributed by atoms with Crippen LogP contribution in [0.1, 0.15) is 29.8 Å². The van der Waals surface area contributed by atoms with Gasteiger partial charge in [-0.1, -0.05) is 26.0 Å². The molecule has 0 unspecified atom stereocenters. The average Bonchev–Trinajstić information content (AvgIpc) is 2.37. The van der Waals surface area contributed by atoms with E-state index in [0.717, 1.165) is 5.56 Å². The average molecular weight is 251 g/mol. The van der Waals surface area contributed by atoms with E-state index in [2.05, 4.69) is 13.8 Å². The summed E-state index contributed by atoms with van der Waals surface area (Å²) >= 11 is 0. The van der Waals surface area contributed by atoms with E-state index in [1.807, 2.05) is 6.07 Å². The molecular weight excluding hydrogens is 230 g/mol. The molecule has 1 rings (SSSR count). The van der Waals surface area contributed by atoms with Gasteiger partial charge in [-0.25, -0.2) is 4.79 Å². The summed E-state index contributed by atoms with van der Waals surface area (Å²) < 4.78 is 10.4. The molecule has 0 radical (unpaired) electrons. The smallest absolute Gasteiger partial charge is 0.338 e. The number of carbonyl (C=O) groups is 1. The van der Waals surface area contributed by atoms with Gasteiger partial charge >= 0.3 is 5.97 Å². The van der Waals surface area contributed by atoms with Crippen LogP contribution in [0.5, 0.6) is 0 Å². The summed E-state index contributed by atoms with van der Waals surface area (Å²) in [6.07, 6.45) is 0. The molecule has 100 valence electrons. The van der Waals surface area contributed by atoms with Crippen LogP contribution in [0.2, 0.25) is 0 Å². The summed E-state index contributed by atoms with van der Waals surface area (Å²) in [6.45, 7) is 5.95. The topological polar surface area (TPSA) is 61.5 Å². The highest BCUT2D eigenvalue weighted by atomic mass is 16.6. The van der Waals surface area contributed by atoms with Crippen molar-refractivity contribution in [3.05, 3.63) is 35.4 Å². The minimum Gasteiger partial charge on any atom is -0.460 e. The van der Waals surface area contributed by atoms with Crippen LogP contribution in [0, 0.1) is 5.92 Å². The monoisotopic (exact) mass is 251 g/mol. The van der Waals surface area contributed by atoms with Crippen molar-refractivity contribution in [3.8, 4) is 0 Å². The summed E-state index contributed by atoms with van der Waals surface area (Å²) in [5.74, 6) is 0.153. The quantitative estimate of drug-likeness (QED) is 0.594. The fourth-order valence-corrected chi connectivity index (χ4v) is 1.42. The van der Waals surface area contributed by atoms with Crippen LogP contribution in [0.3, 0.4) is 0 Å². The number of hydrogen-bond acceptors (Lipinski definition) is 4. The van der Waals surface area contributed by atoms with E-state index in [4.69, 9.17) is 15.2 Å². The molecule has 0 amide bonds. The molecule has 0 saturated carbocycles. The van der Waals surface area contributed by atoms with E-state index in [0.29, 0.717) is 31.2 Å². The number of esters is 1. The van der Waals surface area contributed by atoms with Crippen LogP contribution in [0.4, 0.5) is 0 Å². The van der Waals surface area contributed by atoms with Crippen molar-refractivity contribution < 1.29 is 14.3 Å². The van der Waals surface area contributed by atoms with Gasteiger partial charge in [0.2, 0.25) is 0 Å². The normalized spacial score (nSPS) is 10.7. The van der Waals surface area contributed by atoms with Gasteiger partial charge in [-0.05, 0) is 23.6 Å². The summed E-state index contributed by atoms with van der Waals surface area (Å²) in [4.78, 5) is 11.7. The van der Waals surface area contributed by atoms with E-state index < -0.39 is 0 Å². The number of benzene rings is 1. The predicted molar refractivity (Wildman–Crippen MR) is 70.3 cm³/mol. The Balaban J connectivity index is 2.31. The van der Waals surface area contributed by atoms with Crippen LogP contribution in [0.15, 0.2) is 24.3 Å². The molecule has 0 bridgehead atoms. The first-order valence-electron chi connectivity index (χ1n) is 6.17. The molecule has 2 N–H and O–H groups in total. The molecule has 18 heavy (non-hydrogen) atoms. The molecule has 0 atom stereocenters. The van der Waals surface area contributed by atoms with Gasteiger partial charge in [0, 0.05) is 13.2 Å². The summed E-state index contributed by atoms with van der Waals surface area (Å²) in [5, 5.41) is 0. The molecule has 0 spiro atoms. The van der Waals surface area contributed by atoms with Crippen molar-refractivity contribution in [3.63, 3.8) is 0 Å². The minimum absolute atomic E-state index is 0.276. The molecule has 4 nitrogen and oxygen atoms in total. The Hall–Kier alpha value is -1.39. The van der Waals surface area contributed by atoms with Gasteiger partial charge in [-0.3, -0.25) is 0 Å². The standard InChI is InChI=1S/C14H21NO3/c1-11(2)10-17-6-7-18-14(16)13-5-3-4-12(8-13)9-15/h3-5,8,11H,6-7,9-10,15H2,1-2H3. The van der Waals surface area contributed by atoms with Crippen LogP contribution < -0.4 is 5.73 Å². The lowest BCUT2D eigenvalue weighted by molar-refractivity contribution is 0.0277. The first kappa shape index (κ1) is 14.7. The van der Waals surface area contributed by atoms with Crippen molar-refractivity contribution in [2.24, 2.45) is 11.7 Å². The summed E-state index contributed by atoms with van der Waals surface area (Å²) in [6, 6.07) is 7.14. The Morgan fingerprint density at radius 3 is 2.78 bits per heavy atom. The second kappa shape index (κ2) is 7.84. The number of hydrogen-bond donors (Lipinski definition) is 1. The van der Waals surface area contributed by atoms with E-state index in [-0.39, 0.29) is 12.6 Å². The highest BCUT2D eigenvalue weighted by Crippen LogP contribution is 2.06. The molecule has 4 heteroatoms.